The molecule has 0 atom stereocenters. The zero-order chi connectivity index (χ0) is 20.2. The van der Waals surface area contributed by atoms with Crippen LogP contribution in [-0.2, 0) is 6.54 Å². The Morgan fingerprint density at radius 1 is 1.00 bits per heavy atom. The minimum Gasteiger partial charge on any atom is -0.346 e. The summed E-state index contributed by atoms with van der Waals surface area (Å²) in [5, 5.41) is 11.4. The highest BCUT2D eigenvalue weighted by Crippen LogP contribution is 2.25. The smallest absolute Gasteiger partial charge is 0.274 e. The summed E-state index contributed by atoms with van der Waals surface area (Å²) in [7, 11) is 0. The summed E-state index contributed by atoms with van der Waals surface area (Å²) < 4.78 is 1.69. The van der Waals surface area contributed by atoms with Crippen molar-refractivity contribution in [1.29, 1.82) is 0 Å². The second kappa shape index (κ2) is 8.06. The highest BCUT2D eigenvalue weighted by molar-refractivity contribution is 5.98. The molecule has 29 heavy (non-hydrogen) atoms. The molecule has 0 aliphatic rings. The van der Waals surface area contributed by atoms with E-state index < -0.39 is 0 Å². The number of pyridine rings is 1. The van der Waals surface area contributed by atoms with Gasteiger partial charge in [0, 0.05) is 24.5 Å². The lowest BCUT2D eigenvalue weighted by molar-refractivity contribution is 0.0946. The van der Waals surface area contributed by atoms with Gasteiger partial charge in [-0.1, -0.05) is 47.2 Å². The highest BCUT2D eigenvalue weighted by atomic mass is 16.2. The number of nitrogens with zero attached hydrogens (tertiary/aromatic N) is 4. The van der Waals surface area contributed by atoms with E-state index in [0.717, 1.165) is 22.4 Å². The summed E-state index contributed by atoms with van der Waals surface area (Å²) >= 11 is 0. The van der Waals surface area contributed by atoms with Crippen LogP contribution in [0.3, 0.4) is 0 Å². The molecule has 0 radical (unpaired) electrons. The van der Waals surface area contributed by atoms with Crippen LogP contribution in [0.2, 0.25) is 0 Å². The molecule has 4 rings (SSSR count). The number of hydrogen-bond acceptors (Lipinski definition) is 4. The van der Waals surface area contributed by atoms with Gasteiger partial charge in [-0.25, -0.2) is 4.68 Å². The summed E-state index contributed by atoms with van der Waals surface area (Å²) in [5.74, 6) is -0.275. The third kappa shape index (κ3) is 4.06. The van der Waals surface area contributed by atoms with E-state index in [1.807, 2.05) is 74.5 Å². The molecule has 2 heterocycles. The molecule has 4 aromatic rings. The van der Waals surface area contributed by atoms with Crippen LogP contribution in [-0.4, -0.2) is 25.9 Å². The van der Waals surface area contributed by atoms with Gasteiger partial charge in [-0.3, -0.25) is 9.78 Å². The largest absolute Gasteiger partial charge is 0.346 e. The van der Waals surface area contributed by atoms with E-state index in [4.69, 9.17) is 0 Å². The van der Waals surface area contributed by atoms with Crippen LogP contribution in [0, 0.1) is 13.8 Å². The molecule has 1 amide bonds. The maximum absolute atomic E-state index is 12.9. The molecule has 6 heteroatoms. The van der Waals surface area contributed by atoms with E-state index in [9.17, 15) is 4.79 Å². The molecule has 0 fully saturated rings. The average molecular weight is 383 g/mol. The zero-order valence-electron chi connectivity index (χ0n) is 16.3. The van der Waals surface area contributed by atoms with Gasteiger partial charge in [-0.05, 0) is 49.2 Å². The van der Waals surface area contributed by atoms with Crippen molar-refractivity contribution in [2.24, 2.45) is 0 Å². The Bertz CT molecular complexity index is 1130. The Morgan fingerprint density at radius 3 is 2.55 bits per heavy atom. The van der Waals surface area contributed by atoms with Crippen molar-refractivity contribution in [3.05, 3.63) is 95.4 Å². The van der Waals surface area contributed by atoms with E-state index in [-0.39, 0.29) is 11.6 Å². The molecule has 6 nitrogen and oxygen atoms in total. The monoisotopic (exact) mass is 383 g/mol. The van der Waals surface area contributed by atoms with Crippen molar-refractivity contribution in [1.82, 2.24) is 25.3 Å². The second-order valence-electron chi connectivity index (χ2n) is 6.95. The molecule has 1 N–H and O–H groups in total. The number of carbonyl (C=O) groups is 1. The molecule has 0 spiro atoms. The lowest BCUT2D eigenvalue weighted by Gasteiger charge is -2.09. The van der Waals surface area contributed by atoms with Gasteiger partial charge in [0.05, 0.1) is 5.69 Å². The van der Waals surface area contributed by atoms with Crippen LogP contribution in [0.4, 0.5) is 0 Å². The van der Waals surface area contributed by atoms with Crippen LogP contribution in [0.15, 0.2) is 73.1 Å². The Balaban J connectivity index is 1.69. The fourth-order valence-corrected chi connectivity index (χ4v) is 3.11. The summed E-state index contributed by atoms with van der Waals surface area (Å²) in [6.07, 6.45) is 3.41. The van der Waals surface area contributed by atoms with E-state index in [0.29, 0.717) is 12.2 Å². The molecule has 0 aliphatic carbocycles. The molecule has 0 aliphatic heterocycles. The van der Waals surface area contributed by atoms with Crippen LogP contribution in [0.5, 0.6) is 0 Å². The number of benzene rings is 2. The van der Waals surface area contributed by atoms with Crippen LogP contribution >= 0.6 is 0 Å². The summed E-state index contributed by atoms with van der Waals surface area (Å²) in [4.78, 5) is 17.1. The number of hydrogen-bond donors (Lipinski definition) is 1. The maximum atomic E-state index is 12.9. The summed E-state index contributed by atoms with van der Waals surface area (Å²) in [5.41, 5.74) is 5.81. The Hall–Kier alpha value is -3.80. The minimum absolute atomic E-state index is 0.270. The third-order valence-electron chi connectivity index (χ3n) is 4.64. The minimum atomic E-state index is -0.275. The van der Waals surface area contributed by atoms with Crippen LogP contribution in [0.1, 0.15) is 27.2 Å². The van der Waals surface area contributed by atoms with Crippen molar-refractivity contribution < 1.29 is 4.79 Å². The molecule has 2 aromatic heterocycles. The number of carbonyl (C=O) groups excluding carboxylic acids is 1. The van der Waals surface area contributed by atoms with Gasteiger partial charge in [0.1, 0.15) is 5.69 Å². The van der Waals surface area contributed by atoms with Gasteiger partial charge in [0.25, 0.3) is 5.91 Å². The van der Waals surface area contributed by atoms with E-state index >= 15 is 0 Å². The van der Waals surface area contributed by atoms with E-state index in [2.05, 4.69) is 20.6 Å². The highest BCUT2D eigenvalue weighted by Gasteiger charge is 2.22. The number of nitrogens with one attached hydrogen (secondary N) is 1. The van der Waals surface area contributed by atoms with Crippen molar-refractivity contribution in [3.8, 4) is 16.9 Å². The van der Waals surface area contributed by atoms with Gasteiger partial charge in [-0.15, -0.1) is 5.10 Å². The van der Waals surface area contributed by atoms with Gasteiger partial charge >= 0.3 is 0 Å². The lowest BCUT2D eigenvalue weighted by atomic mass is 10.1. The first-order valence-corrected chi connectivity index (χ1v) is 9.39. The standard InChI is InChI=1S/C23H21N5O/c1-16-8-10-18(11-9-16)14-25-23(29)21-22(19-6-4-12-24-15-19)28(27-26-21)20-7-3-5-17(2)13-20/h3-13,15H,14H2,1-2H3,(H,25,29). The molecule has 144 valence electrons. The first-order chi connectivity index (χ1) is 14.1. The van der Waals surface area contributed by atoms with E-state index in [1.165, 1.54) is 5.56 Å². The van der Waals surface area contributed by atoms with Crippen LogP contribution < -0.4 is 5.32 Å². The van der Waals surface area contributed by atoms with E-state index in [1.54, 1.807) is 17.1 Å². The SMILES string of the molecule is Cc1ccc(CNC(=O)c2nnn(-c3cccc(C)c3)c2-c2cccnc2)cc1. The van der Waals surface area contributed by atoms with Gasteiger partial charge in [-0.2, -0.15) is 0 Å². The summed E-state index contributed by atoms with van der Waals surface area (Å²) in [6.45, 7) is 4.47. The molecule has 0 saturated heterocycles. The number of amides is 1. The van der Waals surface area contributed by atoms with Gasteiger partial charge in [0.2, 0.25) is 0 Å². The van der Waals surface area contributed by atoms with Crippen molar-refractivity contribution in [2.45, 2.75) is 20.4 Å². The quantitative estimate of drug-likeness (QED) is 0.568. The number of aromatic nitrogens is 4. The first-order valence-electron chi connectivity index (χ1n) is 9.39. The predicted octanol–water partition coefficient (Wildman–Crippen LogP) is 3.88. The number of aryl methyl sites for hydroxylation is 2. The Morgan fingerprint density at radius 2 is 1.83 bits per heavy atom. The second-order valence-corrected chi connectivity index (χ2v) is 6.95. The lowest BCUT2D eigenvalue weighted by Crippen LogP contribution is -2.24. The molecule has 0 bridgehead atoms. The fraction of sp³-hybridized carbons (Fsp3) is 0.130. The van der Waals surface area contributed by atoms with Crippen molar-refractivity contribution in [3.63, 3.8) is 0 Å². The first kappa shape index (κ1) is 18.6. The van der Waals surface area contributed by atoms with Gasteiger partial charge < -0.3 is 5.32 Å². The van der Waals surface area contributed by atoms with Crippen LogP contribution in [0.25, 0.3) is 16.9 Å². The molecule has 2 aromatic carbocycles. The number of rotatable bonds is 5. The Kier molecular flexibility index (Phi) is 5.16. The molecular weight excluding hydrogens is 362 g/mol. The summed E-state index contributed by atoms with van der Waals surface area (Å²) in [6, 6.07) is 19.7. The zero-order valence-corrected chi connectivity index (χ0v) is 16.3. The predicted molar refractivity (Wildman–Crippen MR) is 112 cm³/mol. The molecule has 0 unspecified atom stereocenters. The van der Waals surface area contributed by atoms with Gasteiger partial charge in [0.15, 0.2) is 5.69 Å². The fourth-order valence-electron chi connectivity index (χ4n) is 3.11. The molecular formula is C23H21N5O. The third-order valence-corrected chi connectivity index (χ3v) is 4.64. The molecule has 0 saturated carbocycles. The normalized spacial score (nSPS) is 10.7. The maximum Gasteiger partial charge on any atom is 0.274 e. The topological polar surface area (TPSA) is 72.7 Å². The van der Waals surface area contributed by atoms with Crippen molar-refractivity contribution in [2.75, 3.05) is 0 Å². The van der Waals surface area contributed by atoms with Crippen molar-refractivity contribution >= 4 is 5.91 Å². The Labute approximate surface area is 169 Å². The average Bonchev–Trinajstić information content (AvgIpc) is 3.19.